The first-order valence-electron chi connectivity index (χ1n) is 15.5. The van der Waals surface area contributed by atoms with E-state index >= 15 is 0 Å². The molecule has 8 aromatic rings. The van der Waals surface area contributed by atoms with Crippen LogP contribution in [-0.4, -0.2) is 9.13 Å². The van der Waals surface area contributed by atoms with Crippen molar-refractivity contribution in [2.24, 2.45) is 7.05 Å². The van der Waals surface area contributed by atoms with Crippen molar-refractivity contribution in [1.29, 1.82) is 0 Å². The van der Waals surface area contributed by atoms with E-state index in [0.717, 1.165) is 0 Å². The highest BCUT2D eigenvalue weighted by Gasteiger charge is 2.14. The number of nitrogens with zero attached hydrogens (tertiary/aromatic N) is 2. The van der Waals surface area contributed by atoms with Gasteiger partial charge < -0.3 is 14.5 Å². The van der Waals surface area contributed by atoms with Gasteiger partial charge in [0.25, 0.3) is 0 Å². The Morgan fingerprint density at radius 1 is 0.511 bits per heavy atom. The molecule has 3 heteroatoms. The molecule has 1 unspecified atom stereocenters. The number of nitrogens with one attached hydrogen (secondary N) is 1. The van der Waals surface area contributed by atoms with Crippen molar-refractivity contribution < 1.29 is 0 Å². The van der Waals surface area contributed by atoms with E-state index in [2.05, 4.69) is 173 Å². The third-order valence-corrected chi connectivity index (χ3v) is 8.89. The molecule has 0 saturated heterocycles. The molecule has 1 aliphatic heterocycles. The molecule has 0 fully saturated rings. The molecule has 0 aliphatic carbocycles. The van der Waals surface area contributed by atoms with E-state index in [1.54, 1.807) is 0 Å². The maximum absolute atomic E-state index is 3.38. The molecule has 6 aromatic carbocycles. The summed E-state index contributed by atoms with van der Waals surface area (Å²) in [6.45, 7) is 0. The van der Waals surface area contributed by atoms with Crippen LogP contribution in [0.2, 0.25) is 0 Å². The average molecular weight is 580 g/mol. The third-order valence-electron chi connectivity index (χ3n) is 8.89. The normalized spacial score (nSPS) is 14.3. The van der Waals surface area contributed by atoms with Gasteiger partial charge in [-0.25, -0.2) is 0 Å². The van der Waals surface area contributed by atoms with Crippen LogP contribution in [0.1, 0.15) is 17.2 Å². The molecule has 1 atom stereocenters. The minimum atomic E-state index is 0.256. The second-order valence-electron chi connectivity index (χ2n) is 11.5. The van der Waals surface area contributed by atoms with Gasteiger partial charge in [0, 0.05) is 45.3 Å². The first kappa shape index (κ1) is 26.8. The molecule has 0 amide bonds. The fourth-order valence-electron chi connectivity index (χ4n) is 6.70. The van der Waals surface area contributed by atoms with Gasteiger partial charge in [-0.3, -0.25) is 0 Å². The predicted molar refractivity (Wildman–Crippen MR) is 191 cm³/mol. The van der Waals surface area contributed by atoms with Crippen LogP contribution in [0.15, 0.2) is 170 Å². The second-order valence-corrected chi connectivity index (χ2v) is 11.5. The van der Waals surface area contributed by atoms with Gasteiger partial charge in [-0.1, -0.05) is 115 Å². The minimum Gasteiger partial charge on any atom is -0.381 e. The number of aryl methyl sites for hydroxylation is 1. The largest absolute Gasteiger partial charge is 0.381 e. The van der Waals surface area contributed by atoms with E-state index < -0.39 is 0 Å². The van der Waals surface area contributed by atoms with Gasteiger partial charge in [0.1, 0.15) is 0 Å². The highest BCUT2D eigenvalue weighted by atomic mass is 15.0. The lowest BCUT2D eigenvalue weighted by atomic mass is 9.97. The van der Waals surface area contributed by atoms with Gasteiger partial charge in [0.15, 0.2) is 0 Å². The maximum Gasteiger partial charge on any atom is 0.0701 e. The Balaban J connectivity index is 0.000000146. The van der Waals surface area contributed by atoms with Gasteiger partial charge in [-0.15, -0.1) is 0 Å². The minimum absolute atomic E-state index is 0.256. The molecule has 2 aromatic heterocycles. The number of allylic oxidation sites excluding steroid dienone is 2. The summed E-state index contributed by atoms with van der Waals surface area (Å²) in [5, 5.41) is 8.57. The lowest BCUT2D eigenvalue weighted by Gasteiger charge is -2.19. The van der Waals surface area contributed by atoms with E-state index in [1.807, 2.05) is 18.3 Å². The van der Waals surface area contributed by atoms with Crippen molar-refractivity contribution in [3.63, 3.8) is 0 Å². The Morgan fingerprint density at radius 2 is 1.04 bits per heavy atom. The Kier molecular flexibility index (Phi) is 6.77. The first-order valence-corrected chi connectivity index (χ1v) is 15.5. The molecule has 0 spiro atoms. The smallest absolute Gasteiger partial charge is 0.0701 e. The van der Waals surface area contributed by atoms with Gasteiger partial charge in [-0.05, 0) is 71.5 Å². The van der Waals surface area contributed by atoms with Crippen molar-refractivity contribution in [2.75, 3.05) is 0 Å². The van der Waals surface area contributed by atoms with E-state index in [0.29, 0.717) is 0 Å². The molecule has 1 N–H and O–H groups in total. The highest BCUT2D eigenvalue weighted by molar-refractivity contribution is 6.11. The molecule has 216 valence electrons. The molecule has 3 nitrogen and oxygen atoms in total. The Hall–Kier alpha value is -5.80. The number of benzene rings is 6. The second kappa shape index (κ2) is 11.4. The summed E-state index contributed by atoms with van der Waals surface area (Å²) in [4.78, 5) is 0. The number of rotatable bonds is 3. The summed E-state index contributed by atoms with van der Waals surface area (Å²) >= 11 is 0. The van der Waals surface area contributed by atoms with E-state index in [1.165, 1.54) is 66.0 Å². The van der Waals surface area contributed by atoms with Crippen molar-refractivity contribution >= 4 is 49.2 Å². The van der Waals surface area contributed by atoms with E-state index in [9.17, 15) is 0 Å². The SMILES string of the molecule is C1=CC(c2ccccc2)=CC(c2ccccc2)N1.Cn1c2ccccc2c2cc(-n3c4ccccc4c4ccccc43)ccc21. The topological polar surface area (TPSA) is 21.9 Å². The zero-order chi connectivity index (χ0) is 30.2. The Labute approximate surface area is 263 Å². The number of aromatic nitrogens is 2. The molecular weight excluding hydrogens is 546 g/mol. The van der Waals surface area contributed by atoms with Crippen molar-refractivity contribution in [3.05, 3.63) is 181 Å². The fourth-order valence-corrected chi connectivity index (χ4v) is 6.70. The quantitative estimate of drug-likeness (QED) is 0.221. The lowest BCUT2D eigenvalue weighted by molar-refractivity contribution is 0.749. The Morgan fingerprint density at radius 3 is 1.71 bits per heavy atom. The molecule has 45 heavy (non-hydrogen) atoms. The molecule has 0 bridgehead atoms. The predicted octanol–water partition coefficient (Wildman–Crippen LogP) is 10.4. The summed E-state index contributed by atoms with van der Waals surface area (Å²) < 4.78 is 4.66. The van der Waals surface area contributed by atoms with Gasteiger partial charge in [0.2, 0.25) is 0 Å². The maximum atomic E-state index is 3.38. The molecule has 0 radical (unpaired) electrons. The number of hydrogen-bond donors (Lipinski definition) is 1. The van der Waals surface area contributed by atoms with Crippen LogP contribution in [0.25, 0.3) is 54.9 Å². The fraction of sp³-hybridized carbons (Fsp3) is 0.0476. The summed E-state index contributed by atoms with van der Waals surface area (Å²) in [7, 11) is 2.14. The summed E-state index contributed by atoms with van der Waals surface area (Å²) in [6, 6.07) is 54.0. The highest BCUT2D eigenvalue weighted by Crippen LogP contribution is 2.35. The zero-order valence-corrected chi connectivity index (χ0v) is 25.1. The molecular formula is C42H33N3. The summed E-state index contributed by atoms with van der Waals surface area (Å²) in [5.41, 5.74) is 10.1. The van der Waals surface area contributed by atoms with Crippen LogP contribution >= 0.6 is 0 Å². The third kappa shape index (κ3) is 4.79. The van der Waals surface area contributed by atoms with Crippen LogP contribution in [-0.2, 0) is 7.05 Å². The standard InChI is InChI=1S/C25H18N2.C17H15N/c1-26-22-11-5-2-10-20(22)21-16-17(14-15-23(21)26)27-24-12-6-3-8-18(24)19-9-4-7-13-25(19)27;1-3-7-14(8-4-1)16-11-12-18-17(13-16)15-9-5-2-6-10-15/h2-16H,1H3;1-13,17-18H. The van der Waals surface area contributed by atoms with E-state index in [-0.39, 0.29) is 6.04 Å². The number of hydrogen-bond acceptors (Lipinski definition) is 1. The number of para-hydroxylation sites is 3. The molecule has 9 rings (SSSR count). The number of dihydropyridines is 1. The van der Waals surface area contributed by atoms with Gasteiger partial charge in [-0.2, -0.15) is 0 Å². The lowest BCUT2D eigenvalue weighted by Crippen LogP contribution is -2.16. The van der Waals surface area contributed by atoms with Crippen LogP contribution in [0, 0.1) is 0 Å². The van der Waals surface area contributed by atoms with Gasteiger partial charge in [0.05, 0.1) is 17.1 Å². The van der Waals surface area contributed by atoms with Crippen LogP contribution in [0.5, 0.6) is 0 Å². The average Bonchev–Trinajstić information content (AvgIpc) is 3.61. The van der Waals surface area contributed by atoms with Gasteiger partial charge >= 0.3 is 0 Å². The number of fused-ring (bicyclic) bond motifs is 6. The van der Waals surface area contributed by atoms with Crippen LogP contribution < -0.4 is 5.32 Å². The van der Waals surface area contributed by atoms with Crippen molar-refractivity contribution in [2.45, 2.75) is 6.04 Å². The van der Waals surface area contributed by atoms with Crippen LogP contribution in [0.4, 0.5) is 0 Å². The van der Waals surface area contributed by atoms with Crippen molar-refractivity contribution in [3.8, 4) is 5.69 Å². The van der Waals surface area contributed by atoms with Crippen LogP contribution in [0.3, 0.4) is 0 Å². The van der Waals surface area contributed by atoms with E-state index in [4.69, 9.17) is 0 Å². The monoisotopic (exact) mass is 579 g/mol. The molecule has 3 heterocycles. The molecule has 1 aliphatic rings. The first-order chi connectivity index (χ1) is 22.3. The summed E-state index contributed by atoms with van der Waals surface area (Å²) in [5.74, 6) is 0. The van der Waals surface area contributed by atoms with Crippen molar-refractivity contribution in [1.82, 2.24) is 14.5 Å². The Bertz CT molecular complexity index is 2300. The zero-order valence-electron chi connectivity index (χ0n) is 25.1. The molecule has 0 saturated carbocycles. The summed E-state index contributed by atoms with van der Waals surface area (Å²) in [6.07, 6.45) is 6.42.